The number of hydrogen-bond donors (Lipinski definition) is 1. The Hall–Kier alpha value is -1.38. The van der Waals surface area contributed by atoms with E-state index in [2.05, 4.69) is 5.32 Å². The monoisotopic (exact) mass is 395 g/mol. The number of aromatic nitrogens is 2. The van der Waals surface area contributed by atoms with Gasteiger partial charge in [-0.25, -0.2) is 4.98 Å². The molecule has 2 heterocycles. The minimum absolute atomic E-state index is 0.0443. The third-order valence-corrected chi connectivity index (χ3v) is 6.58. The number of hydrogen-bond acceptors (Lipinski definition) is 6. The molecule has 0 atom stereocenters. The summed E-state index contributed by atoms with van der Waals surface area (Å²) in [5.74, 6) is 0.219. The molecule has 0 bridgehead atoms. The van der Waals surface area contributed by atoms with Crippen molar-refractivity contribution in [3.05, 3.63) is 20.8 Å². The molecule has 1 amide bonds. The fourth-order valence-corrected chi connectivity index (χ4v) is 5.37. The van der Waals surface area contributed by atoms with E-state index in [0.29, 0.717) is 24.9 Å². The van der Waals surface area contributed by atoms with Crippen molar-refractivity contribution >= 4 is 39.2 Å². The highest BCUT2D eigenvalue weighted by Gasteiger charge is 2.23. The van der Waals surface area contributed by atoms with Crippen molar-refractivity contribution in [2.75, 3.05) is 26.0 Å². The summed E-state index contributed by atoms with van der Waals surface area (Å²) >= 11 is 2.99. The fraction of sp³-hybridized carbons (Fsp3) is 0.611. The maximum atomic E-state index is 13.1. The van der Waals surface area contributed by atoms with Crippen LogP contribution in [0.15, 0.2) is 9.95 Å². The number of nitrogens with zero attached hydrogens (tertiary/aromatic N) is 2. The molecule has 8 heteroatoms. The predicted octanol–water partition coefficient (Wildman–Crippen LogP) is 2.60. The number of thiophene rings is 1. The van der Waals surface area contributed by atoms with Gasteiger partial charge in [-0.3, -0.25) is 14.2 Å². The number of rotatable bonds is 9. The van der Waals surface area contributed by atoms with E-state index in [0.717, 1.165) is 42.3 Å². The lowest BCUT2D eigenvalue weighted by Gasteiger charge is -2.11. The average molecular weight is 396 g/mol. The Bertz CT molecular complexity index is 844. The maximum Gasteiger partial charge on any atom is 0.263 e. The first kappa shape index (κ1) is 19.4. The van der Waals surface area contributed by atoms with Crippen LogP contribution in [-0.4, -0.2) is 41.5 Å². The summed E-state index contributed by atoms with van der Waals surface area (Å²) in [5, 5.41) is 4.33. The molecule has 0 aromatic carbocycles. The minimum Gasteiger partial charge on any atom is -0.385 e. The molecule has 2 aromatic heterocycles. The second-order valence-corrected chi connectivity index (χ2v) is 8.40. The van der Waals surface area contributed by atoms with Gasteiger partial charge in [0, 0.05) is 31.7 Å². The molecule has 3 rings (SSSR count). The van der Waals surface area contributed by atoms with Gasteiger partial charge in [0.1, 0.15) is 4.83 Å². The second-order valence-electron chi connectivity index (χ2n) is 6.37. The van der Waals surface area contributed by atoms with Crippen molar-refractivity contribution in [1.82, 2.24) is 14.9 Å². The minimum atomic E-state index is -0.0443. The van der Waals surface area contributed by atoms with Gasteiger partial charge < -0.3 is 10.1 Å². The Kier molecular flexibility index (Phi) is 6.72. The van der Waals surface area contributed by atoms with Crippen LogP contribution in [-0.2, 0) is 28.9 Å². The van der Waals surface area contributed by atoms with E-state index in [-0.39, 0.29) is 17.2 Å². The van der Waals surface area contributed by atoms with E-state index in [1.807, 2.05) is 6.92 Å². The Morgan fingerprint density at radius 3 is 3.04 bits per heavy atom. The molecular formula is C18H25N3O3S2. The molecular weight excluding hydrogens is 370 g/mol. The lowest BCUT2D eigenvalue weighted by molar-refractivity contribution is -0.118. The largest absolute Gasteiger partial charge is 0.385 e. The summed E-state index contributed by atoms with van der Waals surface area (Å²) in [6, 6.07) is 0. The van der Waals surface area contributed by atoms with Crippen LogP contribution in [0.4, 0.5) is 0 Å². The van der Waals surface area contributed by atoms with Gasteiger partial charge in [-0.15, -0.1) is 11.3 Å². The van der Waals surface area contributed by atoms with Crippen molar-refractivity contribution in [1.29, 1.82) is 0 Å². The van der Waals surface area contributed by atoms with Gasteiger partial charge in [-0.2, -0.15) is 0 Å². The maximum absolute atomic E-state index is 13.1. The Labute approximate surface area is 161 Å². The number of carbonyl (C=O) groups excluding carboxylic acids is 1. The number of thioether (sulfide) groups is 1. The molecule has 0 aliphatic heterocycles. The number of ether oxygens (including phenoxy) is 1. The number of nitrogens with one attached hydrogen (secondary N) is 1. The molecule has 0 spiro atoms. The fourth-order valence-electron chi connectivity index (χ4n) is 3.21. The smallest absolute Gasteiger partial charge is 0.263 e. The van der Waals surface area contributed by atoms with E-state index in [1.165, 1.54) is 22.2 Å². The summed E-state index contributed by atoms with van der Waals surface area (Å²) in [4.78, 5) is 32.0. The van der Waals surface area contributed by atoms with Gasteiger partial charge >= 0.3 is 0 Å². The number of aryl methyl sites for hydroxylation is 2. The molecule has 0 radical (unpaired) electrons. The lowest BCUT2D eigenvalue weighted by atomic mass is 10.2. The van der Waals surface area contributed by atoms with Crippen LogP contribution in [0.25, 0.3) is 10.2 Å². The topological polar surface area (TPSA) is 73.2 Å². The highest BCUT2D eigenvalue weighted by Crippen LogP contribution is 2.35. The molecule has 142 valence electrons. The third kappa shape index (κ3) is 4.13. The molecule has 1 aliphatic rings. The van der Waals surface area contributed by atoms with Crippen LogP contribution >= 0.6 is 23.1 Å². The summed E-state index contributed by atoms with van der Waals surface area (Å²) < 4.78 is 6.72. The highest BCUT2D eigenvalue weighted by atomic mass is 32.2. The summed E-state index contributed by atoms with van der Waals surface area (Å²) in [7, 11) is 1.65. The van der Waals surface area contributed by atoms with Crippen LogP contribution < -0.4 is 10.9 Å². The van der Waals surface area contributed by atoms with Crippen LogP contribution in [0.5, 0.6) is 0 Å². The average Bonchev–Trinajstić information content (AvgIpc) is 3.20. The quantitative estimate of drug-likeness (QED) is 0.401. The van der Waals surface area contributed by atoms with E-state index >= 15 is 0 Å². The number of amides is 1. The molecule has 0 saturated heterocycles. The number of carbonyl (C=O) groups is 1. The molecule has 6 nitrogen and oxygen atoms in total. The van der Waals surface area contributed by atoms with Crippen molar-refractivity contribution in [3.63, 3.8) is 0 Å². The number of fused-ring (bicyclic) bond motifs is 3. The third-order valence-electron chi connectivity index (χ3n) is 4.42. The van der Waals surface area contributed by atoms with Gasteiger partial charge in [0.2, 0.25) is 5.91 Å². The summed E-state index contributed by atoms with van der Waals surface area (Å²) in [6.07, 6.45) is 4.81. The molecule has 0 fully saturated rings. The van der Waals surface area contributed by atoms with Gasteiger partial charge in [-0.05, 0) is 37.7 Å². The second kappa shape index (κ2) is 9.01. The van der Waals surface area contributed by atoms with Gasteiger partial charge in [-0.1, -0.05) is 18.7 Å². The zero-order valence-corrected chi connectivity index (χ0v) is 16.9. The first-order valence-corrected chi connectivity index (χ1v) is 10.9. The van der Waals surface area contributed by atoms with E-state index in [9.17, 15) is 9.59 Å². The van der Waals surface area contributed by atoms with Gasteiger partial charge in [0.25, 0.3) is 5.56 Å². The first-order chi connectivity index (χ1) is 12.7. The van der Waals surface area contributed by atoms with E-state index in [1.54, 1.807) is 23.0 Å². The van der Waals surface area contributed by atoms with Gasteiger partial charge in [0.05, 0.1) is 11.1 Å². The SMILES string of the molecule is CCCn1c(SCC(=O)NCCCOC)nc2sc3c(c2c1=O)CCC3. The zero-order valence-electron chi connectivity index (χ0n) is 15.3. The Morgan fingerprint density at radius 1 is 1.42 bits per heavy atom. The highest BCUT2D eigenvalue weighted by molar-refractivity contribution is 7.99. The Morgan fingerprint density at radius 2 is 2.27 bits per heavy atom. The van der Waals surface area contributed by atoms with Crippen molar-refractivity contribution in [2.24, 2.45) is 0 Å². The van der Waals surface area contributed by atoms with Crippen LogP contribution in [0.1, 0.15) is 36.6 Å². The summed E-state index contributed by atoms with van der Waals surface area (Å²) in [6.45, 7) is 3.90. The van der Waals surface area contributed by atoms with Crippen molar-refractivity contribution in [2.45, 2.75) is 50.7 Å². The normalized spacial score (nSPS) is 13.3. The first-order valence-electron chi connectivity index (χ1n) is 9.09. The summed E-state index contributed by atoms with van der Waals surface area (Å²) in [5.41, 5.74) is 1.26. The lowest BCUT2D eigenvalue weighted by Crippen LogP contribution is -2.28. The van der Waals surface area contributed by atoms with Crippen molar-refractivity contribution in [3.8, 4) is 0 Å². The molecule has 2 aromatic rings. The van der Waals surface area contributed by atoms with Crippen LogP contribution in [0.3, 0.4) is 0 Å². The van der Waals surface area contributed by atoms with Crippen LogP contribution in [0, 0.1) is 0 Å². The van der Waals surface area contributed by atoms with Crippen molar-refractivity contribution < 1.29 is 9.53 Å². The van der Waals surface area contributed by atoms with Crippen LogP contribution in [0.2, 0.25) is 0 Å². The number of methoxy groups -OCH3 is 1. The molecule has 1 N–H and O–H groups in total. The molecule has 0 unspecified atom stereocenters. The zero-order chi connectivity index (χ0) is 18.5. The standard InChI is InChI=1S/C18H25N3O3S2/c1-3-9-21-17(23)15-12-6-4-7-13(12)26-16(15)20-18(21)25-11-14(22)19-8-5-10-24-2/h3-11H2,1-2H3,(H,19,22). The van der Waals surface area contributed by atoms with E-state index in [4.69, 9.17) is 9.72 Å². The molecule has 1 aliphatic carbocycles. The Balaban J connectivity index is 1.78. The predicted molar refractivity (Wildman–Crippen MR) is 106 cm³/mol. The van der Waals surface area contributed by atoms with E-state index < -0.39 is 0 Å². The van der Waals surface area contributed by atoms with Gasteiger partial charge in [0.15, 0.2) is 5.16 Å². The molecule has 0 saturated carbocycles. The molecule has 26 heavy (non-hydrogen) atoms.